The van der Waals surface area contributed by atoms with Crippen LogP contribution in [0.25, 0.3) is 0 Å². The van der Waals surface area contributed by atoms with E-state index < -0.39 is 11.7 Å². The van der Waals surface area contributed by atoms with Crippen molar-refractivity contribution >= 4 is 5.97 Å². The Bertz CT molecular complexity index is 1020. The molecular weight excluding hydrogens is 544 g/mol. The predicted molar refractivity (Wildman–Crippen MR) is 182 cm³/mol. The molecule has 0 spiro atoms. The van der Waals surface area contributed by atoms with Gasteiger partial charge in [-0.25, -0.2) is 0 Å². The number of benzene rings is 3. The van der Waals surface area contributed by atoms with Crippen molar-refractivity contribution in [2.75, 3.05) is 13.2 Å². The largest absolute Gasteiger partial charge is 0.463 e. The van der Waals surface area contributed by atoms with Crippen LogP contribution in [-0.2, 0) is 19.9 Å². The summed E-state index contributed by atoms with van der Waals surface area (Å²) in [6, 6.07) is 30.2. The van der Waals surface area contributed by atoms with E-state index in [4.69, 9.17) is 9.47 Å². The zero-order valence-electron chi connectivity index (χ0n) is 27.1. The van der Waals surface area contributed by atoms with Crippen LogP contribution in [0.1, 0.15) is 126 Å². The summed E-state index contributed by atoms with van der Waals surface area (Å²) in [5, 5.41) is 10.8. The van der Waals surface area contributed by atoms with Crippen molar-refractivity contribution in [2.24, 2.45) is 0 Å². The summed E-state index contributed by atoms with van der Waals surface area (Å²) < 4.78 is 12.1. The van der Waals surface area contributed by atoms with E-state index in [1.807, 2.05) is 91.0 Å². The van der Waals surface area contributed by atoms with Crippen molar-refractivity contribution < 1.29 is 19.4 Å². The van der Waals surface area contributed by atoms with Gasteiger partial charge in [-0.15, -0.1) is 0 Å². The summed E-state index contributed by atoms with van der Waals surface area (Å²) in [7, 11) is 0. The third kappa shape index (κ3) is 12.6. The van der Waals surface area contributed by atoms with E-state index in [1.54, 1.807) is 0 Å². The molecular formula is C40H56O4. The van der Waals surface area contributed by atoms with E-state index in [0.717, 1.165) is 29.5 Å². The Morgan fingerprint density at radius 2 is 0.932 bits per heavy atom. The molecule has 3 aromatic carbocycles. The van der Waals surface area contributed by atoms with Gasteiger partial charge >= 0.3 is 5.97 Å². The number of unbranched alkanes of at least 4 members (excludes halogenated alkanes) is 14. The fourth-order valence-electron chi connectivity index (χ4n) is 5.94. The Hall–Kier alpha value is -2.95. The Morgan fingerprint density at radius 3 is 1.32 bits per heavy atom. The van der Waals surface area contributed by atoms with Crippen LogP contribution in [0, 0.1) is 0 Å². The number of esters is 1. The smallest absolute Gasteiger partial charge is 0.305 e. The monoisotopic (exact) mass is 600 g/mol. The van der Waals surface area contributed by atoms with Gasteiger partial charge in [-0.2, -0.15) is 0 Å². The number of ether oxygens (including phenoxy) is 2. The van der Waals surface area contributed by atoms with Gasteiger partial charge in [0.15, 0.2) is 0 Å². The maximum Gasteiger partial charge on any atom is 0.305 e. The topological polar surface area (TPSA) is 55.8 Å². The molecule has 1 unspecified atom stereocenters. The molecule has 0 amide bonds. The number of carbonyl (C=O) groups excluding carboxylic acids is 1. The molecule has 3 rings (SSSR count). The summed E-state index contributed by atoms with van der Waals surface area (Å²) >= 11 is 0. The molecule has 0 bridgehead atoms. The molecule has 1 atom stereocenters. The summed E-state index contributed by atoms with van der Waals surface area (Å²) in [6.45, 7) is 2.21. The van der Waals surface area contributed by atoms with Crippen molar-refractivity contribution in [1.82, 2.24) is 0 Å². The highest BCUT2D eigenvalue weighted by Gasteiger charge is 2.38. The summed E-state index contributed by atoms with van der Waals surface area (Å²) in [5.74, 6) is -0.251. The van der Waals surface area contributed by atoms with Gasteiger partial charge in [0.1, 0.15) is 18.3 Å². The Labute approximate surface area is 267 Å². The van der Waals surface area contributed by atoms with Crippen LogP contribution in [0.5, 0.6) is 0 Å². The Morgan fingerprint density at radius 1 is 0.568 bits per heavy atom. The molecule has 0 heterocycles. The van der Waals surface area contributed by atoms with Crippen LogP contribution in [0.3, 0.4) is 0 Å². The minimum atomic E-state index is -0.935. The second-order valence-corrected chi connectivity index (χ2v) is 12.1. The lowest BCUT2D eigenvalue weighted by atomic mass is 9.80. The van der Waals surface area contributed by atoms with E-state index in [0.29, 0.717) is 6.42 Å². The first-order valence-corrected chi connectivity index (χ1v) is 17.3. The molecule has 0 radical (unpaired) electrons. The number of carbonyl (C=O) groups is 1. The molecule has 0 aromatic heterocycles. The molecule has 3 aromatic rings. The van der Waals surface area contributed by atoms with Gasteiger partial charge in [0.25, 0.3) is 0 Å². The van der Waals surface area contributed by atoms with Gasteiger partial charge in [0.05, 0.1) is 6.61 Å². The standard InChI is InChI=1S/C40H56O4/c1-2-3-4-5-6-7-8-9-10-11-12-13-14-15-25-32-39(42)43-33-38(41)34-44-40(35-26-19-16-20-27-35,36-28-21-17-22-29-36)37-30-23-18-24-31-37/h16-24,26-31,38,41H,2-15,25,32-34H2,1H3. The van der Waals surface area contributed by atoms with Gasteiger partial charge in [0.2, 0.25) is 0 Å². The third-order valence-electron chi connectivity index (χ3n) is 8.45. The van der Waals surface area contributed by atoms with E-state index in [2.05, 4.69) is 6.92 Å². The van der Waals surface area contributed by atoms with Crippen LogP contribution < -0.4 is 0 Å². The maximum absolute atomic E-state index is 12.4. The van der Waals surface area contributed by atoms with Crippen molar-refractivity contribution in [3.63, 3.8) is 0 Å². The van der Waals surface area contributed by atoms with Crippen LogP contribution in [-0.4, -0.2) is 30.4 Å². The number of aliphatic hydroxyl groups excluding tert-OH is 1. The molecule has 0 aliphatic heterocycles. The molecule has 0 saturated carbocycles. The normalized spacial score (nSPS) is 12.2. The van der Waals surface area contributed by atoms with Crippen LogP contribution in [0.4, 0.5) is 0 Å². The maximum atomic E-state index is 12.4. The molecule has 0 aliphatic rings. The molecule has 0 aliphatic carbocycles. The molecule has 4 nitrogen and oxygen atoms in total. The molecule has 0 fully saturated rings. The van der Waals surface area contributed by atoms with Crippen molar-refractivity contribution in [1.29, 1.82) is 0 Å². The predicted octanol–water partition coefficient (Wildman–Crippen LogP) is 10.2. The van der Waals surface area contributed by atoms with Gasteiger partial charge < -0.3 is 14.6 Å². The van der Waals surface area contributed by atoms with Crippen molar-refractivity contribution in [3.05, 3.63) is 108 Å². The minimum absolute atomic E-state index is 0.0188. The van der Waals surface area contributed by atoms with Gasteiger partial charge in [-0.3, -0.25) is 4.79 Å². The van der Waals surface area contributed by atoms with Gasteiger partial charge in [-0.05, 0) is 23.1 Å². The fourth-order valence-corrected chi connectivity index (χ4v) is 5.94. The fraction of sp³-hybridized carbons (Fsp3) is 0.525. The second kappa shape index (κ2) is 21.7. The summed E-state index contributed by atoms with van der Waals surface area (Å²) in [5.41, 5.74) is 1.99. The quantitative estimate of drug-likeness (QED) is 0.0631. The zero-order valence-corrected chi connectivity index (χ0v) is 27.1. The lowest BCUT2D eigenvalue weighted by Gasteiger charge is -2.36. The van der Waals surface area contributed by atoms with Gasteiger partial charge in [0, 0.05) is 6.42 Å². The highest BCUT2D eigenvalue weighted by Crippen LogP contribution is 2.40. The highest BCUT2D eigenvalue weighted by atomic mass is 16.6. The molecule has 0 saturated heterocycles. The van der Waals surface area contributed by atoms with Crippen molar-refractivity contribution in [3.8, 4) is 0 Å². The number of aliphatic hydroxyl groups is 1. The third-order valence-corrected chi connectivity index (χ3v) is 8.45. The minimum Gasteiger partial charge on any atom is -0.463 e. The first-order valence-electron chi connectivity index (χ1n) is 17.3. The molecule has 4 heteroatoms. The number of hydrogen-bond acceptors (Lipinski definition) is 4. The summed E-state index contributed by atoms with van der Waals surface area (Å²) in [6.07, 6.45) is 18.9. The lowest BCUT2D eigenvalue weighted by Crippen LogP contribution is -2.37. The lowest BCUT2D eigenvalue weighted by molar-refractivity contribution is -0.149. The van der Waals surface area contributed by atoms with Crippen LogP contribution in [0.15, 0.2) is 91.0 Å². The summed E-state index contributed by atoms with van der Waals surface area (Å²) in [4.78, 5) is 12.4. The Kier molecular flexibility index (Phi) is 17.5. The van der Waals surface area contributed by atoms with Crippen LogP contribution >= 0.6 is 0 Å². The number of rotatable bonds is 24. The van der Waals surface area contributed by atoms with E-state index in [-0.39, 0.29) is 19.2 Å². The average molecular weight is 601 g/mol. The zero-order chi connectivity index (χ0) is 31.1. The first kappa shape index (κ1) is 35.5. The van der Waals surface area contributed by atoms with E-state index in [1.165, 1.54) is 83.5 Å². The van der Waals surface area contributed by atoms with Gasteiger partial charge in [-0.1, -0.05) is 188 Å². The second-order valence-electron chi connectivity index (χ2n) is 12.1. The van der Waals surface area contributed by atoms with Crippen LogP contribution in [0.2, 0.25) is 0 Å². The Balaban J connectivity index is 1.34. The molecule has 44 heavy (non-hydrogen) atoms. The average Bonchev–Trinajstić information content (AvgIpc) is 3.07. The first-order chi connectivity index (χ1) is 21.7. The van der Waals surface area contributed by atoms with E-state index in [9.17, 15) is 9.90 Å². The molecule has 240 valence electrons. The van der Waals surface area contributed by atoms with Crippen molar-refractivity contribution in [2.45, 2.75) is 121 Å². The van der Waals surface area contributed by atoms with E-state index >= 15 is 0 Å². The highest BCUT2D eigenvalue weighted by molar-refractivity contribution is 5.69. The number of hydrogen-bond donors (Lipinski definition) is 1. The molecule has 1 N–H and O–H groups in total. The SMILES string of the molecule is CCCCCCCCCCCCCCCCCC(=O)OCC(O)COC(c1ccccc1)(c1ccccc1)c1ccccc1.